The maximum absolute atomic E-state index is 14.1. The SMILES string of the molecule is COc1c(OC(=O)c2ccc3oc4ccccc4c(=O)c3c2)cc2c(c1CC=C(C)C)C(=O)c1cc(CC=C(C)C)c(O)cc1C2. The molecular formula is C39H34O7. The number of rotatable bonds is 7. The third-order valence-corrected chi connectivity index (χ3v) is 8.25. The van der Waals surface area contributed by atoms with Crippen LogP contribution in [0, 0.1) is 0 Å². The van der Waals surface area contributed by atoms with Crippen molar-refractivity contribution in [3.63, 3.8) is 0 Å². The van der Waals surface area contributed by atoms with Crippen LogP contribution in [0.1, 0.15) is 76.2 Å². The van der Waals surface area contributed by atoms with E-state index in [9.17, 15) is 19.5 Å². The second-order valence-corrected chi connectivity index (χ2v) is 12.1. The summed E-state index contributed by atoms with van der Waals surface area (Å²) in [5.41, 5.74) is 6.62. The van der Waals surface area contributed by atoms with Crippen molar-refractivity contribution in [2.45, 2.75) is 47.0 Å². The smallest absolute Gasteiger partial charge is 0.343 e. The Morgan fingerprint density at radius 3 is 2.33 bits per heavy atom. The van der Waals surface area contributed by atoms with Gasteiger partial charge in [-0.25, -0.2) is 4.79 Å². The number of hydrogen-bond acceptors (Lipinski definition) is 7. The molecule has 0 bridgehead atoms. The van der Waals surface area contributed by atoms with Crippen LogP contribution in [0.15, 0.2) is 93.2 Å². The van der Waals surface area contributed by atoms with Gasteiger partial charge in [-0.2, -0.15) is 0 Å². The number of phenolic OH excluding ortho intramolecular Hbond substituents is 1. The van der Waals surface area contributed by atoms with E-state index in [-0.39, 0.29) is 39.4 Å². The van der Waals surface area contributed by atoms with Crippen molar-refractivity contribution in [2.75, 3.05) is 7.11 Å². The number of esters is 1. The Labute approximate surface area is 266 Å². The average Bonchev–Trinajstić information content (AvgIpc) is 3.02. The molecule has 0 fully saturated rings. The van der Waals surface area contributed by atoms with Gasteiger partial charge in [0.2, 0.25) is 5.43 Å². The molecule has 6 rings (SSSR count). The number of ketones is 1. The molecule has 4 aromatic carbocycles. The zero-order valence-electron chi connectivity index (χ0n) is 26.4. The van der Waals surface area contributed by atoms with Gasteiger partial charge in [0.05, 0.1) is 23.4 Å². The van der Waals surface area contributed by atoms with Crippen LogP contribution in [0.5, 0.6) is 17.2 Å². The predicted molar refractivity (Wildman–Crippen MR) is 179 cm³/mol. The number of benzene rings is 4. The maximum Gasteiger partial charge on any atom is 0.343 e. The molecule has 0 spiro atoms. The Bertz CT molecular complexity index is 2190. The number of phenols is 1. The standard InChI is InChI=1S/C39H34O7/c1-21(2)10-12-23-17-29-25(19-31(23)40)16-26-20-34(38(44-5)28(14-11-22(3)4)35(26)37(29)42)46-39(43)24-13-15-33-30(18-24)36(41)27-8-6-7-9-32(27)45-33/h6-11,13,15,17-20,40H,12,14,16H2,1-5H3. The summed E-state index contributed by atoms with van der Waals surface area (Å²) in [6.45, 7) is 7.92. The average molecular weight is 615 g/mol. The highest BCUT2D eigenvalue weighted by Gasteiger charge is 2.31. The van der Waals surface area contributed by atoms with E-state index in [1.165, 1.54) is 13.2 Å². The fourth-order valence-corrected chi connectivity index (χ4v) is 5.92. The van der Waals surface area contributed by atoms with Gasteiger partial charge in [0.1, 0.15) is 16.9 Å². The van der Waals surface area contributed by atoms with E-state index >= 15 is 0 Å². The lowest BCUT2D eigenvalue weighted by molar-refractivity contribution is 0.0729. The van der Waals surface area contributed by atoms with Crippen molar-refractivity contribution in [1.82, 2.24) is 0 Å². The first-order valence-corrected chi connectivity index (χ1v) is 15.1. The van der Waals surface area contributed by atoms with E-state index in [0.717, 1.165) is 11.1 Å². The summed E-state index contributed by atoms with van der Waals surface area (Å²) in [7, 11) is 1.48. The van der Waals surface area contributed by atoms with Gasteiger partial charge in [-0.05, 0) is 112 Å². The molecular weight excluding hydrogens is 580 g/mol. The van der Waals surface area contributed by atoms with Crippen LogP contribution in [-0.4, -0.2) is 24.0 Å². The van der Waals surface area contributed by atoms with Gasteiger partial charge in [-0.3, -0.25) is 9.59 Å². The minimum Gasteiger partial charge on any atom is -0.508 e. The molecule has 46 heavy (non-hydrogen) atoms. The Morgan fingerprint density at radius 2 is 1.59 bits per heavy atom. The minimum absolute atomic E-state index is 0.131. The van der Waals surface area contributed by atoms with Gasteiger partial charge >= 0.3 is 5.97 Å². The molecule has 7 heteroatoms. The molecule has 0 radical (unpaired) electrons. The van der Waals surface area contributed by atoms with Gasteiger partial charge < -0.3 is 19.0 Å². The summed E-state index contributed by atoms with van der Waals surface area (Å²) < 4.78 is 17.7. The molecule has 0 aliphatic heterocycles. The van der Waals surface area contributed by atoms with Crippen LogP contribution >= 0.6 is 0 Å². The first kappa shape index (κ1) is 30.6. The molecule has 5 aromatic rings. The number of ether oxygens (including phenoxy) is 2. The van der Waals surface area contributed by atoms with Crippen molar-refractivity contribution in [2.24, 2.45) is 0 Å². The summed E-state index contributed by atoms with van der Waals surface area (Å²) in [6, 6.07) is 16.6. The number of fused-ring (bicyclic) bond motifs is 4. The molecule has 1 heterocycles. The van der Waals surface area contributed by atoms with E-state index in [0.29, 0.717) is 69.2 Å². The first-order valence-electron chi connectivity index (χ1n) is 15.1. The van der Waals surface area contributed by atoms with Gasteiger partial charge in [-0.15, -0.1) is 0 Å². The van der Waals surface area contributed by atoms with E-state index in [4.69, 9.17) is 13.9 Å². The Balaban J connectivity index is 1.43. The van der Waals surface area contributed by atoms with Crippen molar-refractivity contribution >= 4 is 33.7 Å². The molecule has 232 valence electrons. The molecule has 0 amide bonds. The monoisotopic (exact) mass is 614 g/mol. The van der Waals surface area contributed by atoms with Crippen LogP contribution in [0.25, 0.3) is 21.9 Å². The molecule has 1 aromatic heterocycles. The molecule has 0 unspecified atom stereocenters. The highest BCUT2D eigenvalue weighted by molar-refractivity contribution is 6.14. The fraction of sp³-hybridized carbons (Fsp3) is 0.205. The van der Waals surface area contributed by atoms with Gasteiger partial charge in [0.15, 0.2) is 17.3 Å². The van der Waals surface area contributed by atoms with Crippen LogP contribution in [0.2, 0.25) is 0 Å². The van der Waals surface area contributed by atoms with E-state index in [2.05, 4.69) is 0 Å². The summed E-state index contributed by atoms with van der Waals surface area (Å²) in [5, 5.41) is 11.5. The largest absolute Gasteiger partial charge is 0.508 e. The number of allylic oxidation sites excluding steroid dienone is 4. The van der Waals surface area contributed by atoms with Crippen LogP contribution in [0.3, 0.4) is 0 Å². The lowest BCUT2D eigenvalue weighted by Gasteiger charge is -2.25. The third-order valence-electron chi connectivity index (χ3n) is 8.25. The lowest BCUT2D eigenvalue weighted by Crippen LogP contribution is -2.20. The number of methoxy groups -OCH3 is 1. The normalized spacial score (nSPS) is 12.0. The summed E-state index contributed by atoms with van der Waals surface area (Å²) in [4.78, 5) is 40.9. The molecule has 0 saturated heterocycles. The molecule has 1 aliphatic carbocycles. The van der Waals surface area contributed by atoms with Gasteiger partial charge in [0.25, 0.3) is 0 Å². The van der Waals surface area contributed by atoms with E-state index < -0.39 is 5.97 Å². The number of hydrogen-bond donors (Lipinski definition) is 1. The van der Waals surface area contributed by atoms with Crippen LogP contribution in [0.4, 0.5) is 0 Å². The Kier molecular flexibility index (Phi) is 8.09. The summed E-state index contributed by atoms with van der Waals surface area (Å²) in [6.07, 6.45) is 5.26. The fourth-order valence-electron chi connectivity index (χ4n) is 5.92. The molecule has 1 N–H and O–H groups in total. The molecule has 7 nitrogen and oxygen atoms in total. The van der Waals surface area contributed by atoms with Crippen molar-refractivity contribution < 1.29 is 28.6 Å². The van der Waals surface area contributed by atoms with Gasteiger partial charge in [-0.1, -0.05) is 35.4 Å². The summed E-state index contributed by atoms with van der Waals surface area (Å²) in [5.74, 6) is -0.279. The first-order chi connectivity index (χ1) is 22.0. The lowest BCUT2D eigenvalue weighted by atomic mass is 9.80. The minimum atomic E-state index is -0.690. The number of para-hydroxylation sites is 1. The highest BCUT2D eigenvalue weighted by atomic mass is 16.6. The third kappa shape index (κ3) is 5.60. The number of carbonyl (C=O) groups excluding carboxylic acids is 2. The maximum atomic E-state index is 14.1. The van der Waals surface area contributed by atoms with Gasteiger partial charge in [0, 0.05) is 16.7 Å². The Morgan fingerprint density at radius 1 is 0.870 bits per heavy atom. The second-order valence-electron chi connectivity index (χ2n) is 12.1. The summed E-state index contributed by atoms with van der Waals surface area (Å²) >= 11 is 0. The highest BCUT2D eigenvalue weighted by Crippen LogP contribution is 2.42. The quantitative estimate of drug-likeness (QED) is 0.0840. The molecule has 1 aliphatic rings. The number of carbonyl (C=O) groups is 2. The van der Waals surface area contributed by atoms with Crippen molar-refractivity contribution in [3.05, 3.63) is 133 Å². The second kappa shape index (κ2) is 12.2. The van der Waals surface area contributed by atoms with E-state index in [1.54, 1.807) is 54.6 Å². The van der Waals surface area contributed by atoms with Crippen molar-refractivity contribution in [1.29, 1.82) is 0 Å². The predicted octanol–water partition coefficient (Wildman–Crippen LogP) is 8.03. The van der Waals surface area contributed by atoms with Crippen LogP contribution in [-0.2, 0) is 19.3 Å². The van der Waals surface area contributed by atoms with Crippen molar-refractivity contribution in [3.8, 4) is 17.2 Å². The zero-order chi connectivity index (χ0) is 32.7. The Hall–Kier alpha value is -5.43. The van der Waals surface area contributed by atoms with Crippen LogP contribution < -0.4 is 14.9 Å². The topological polar surface area (TPSA) is 103 Å². The van der Waals surface area contributed by atoms with E-state index in [1.807, 2.05) is 39.8 Å². The molecule has 0 atom stereocenters. The number of aromatic hydroxyl groups is 1. The zero-order valence-corrected chi connectivity index (χ0v) is 26.4. The molecule has 0 saturated carbocycles.